The maximum absolute atomic E-state index is 12.3. The number of hydrogen-bond donors (Lipinski definition) is 1. The third-order valence-corrected chi connectivity index (χ3v) is 4.01. The Morgan fingerprint density at radius 1 is 1.04 bits per heavy atom. The first-order valence-corrected chi connectivity index (χ1v) is 8.06. The first kappa shape index (κ1) is 17.1. The molecule has 1 atom stereocenters. The monoisotopic (exact) mass is 311 g/mol. The normalized spacial score (nSPS) is 11.8. The molecule has 1 amide bonds. The van der Waals surface area contributed by atoms with Gasteiger partial charge in [-0.25, -0.2) is 0 Å². The summed E-state index contributed by atoms with van der Waals surface area (Å²) in [5.74, 6) is 0.664. The first-order chi connectivity index (χ1) is 11.0. The van der Waals surface area contributed by atoms with Crippen LogP contribution in [0.3, 0.4) is 0 Å². The number of aryl methyl sites for hydroxylation is 3. The Morgan fingerprint density at radius 2 is 1.74 bits per heavy atom. The van der Waals surface area contributed by atoms with Crippen molar-refractivity contribution in [3.8, 4) is 5.75 Å². The van der Waals surface area contributed by atoms with Crippen molar-refractivity contribution in [2.45, 2.75) is 46.8 Å². The zero-order valence-corrected chi connectivity index (χ0v) is 14.3. The van der Waals surface area contributed by atoms with Crippen LogP contribution in [0.15, 0.2) is 42.5 Å². The SMILES string of the molecule is CC[C@H](Oc1ccc(C)c(C)c1)C(=O)NCc1ccc(C)cc1. The van der Waals surface area contributed by atoms with E-state index in [0.29, 0.717) is 13.0 Å². The molecule has 0 aliphatic heterocycles. The van der Waals surface area contributed by atoms with Gasteiger partial charge in [-0.2, -0.15) is 0 Å². The second kappa shape index (κ2) is 7.82. The molecule has 1 N–H and O–H groups in total. The summed E-state index contributed by atoms with van der Waals surface area (Å²) in [6, 6.07) is 14.1. The third-order valence-electron chi connectivity index (χ3n) is 4.01. The summed E-state index contributed by atoms with van der Waals surface area (Å²) >= 11 is 0. The number of ether oxygens (including phenoxy) is 1. The van der Waals surface area contributed by atoms with E-state index < -0.39 is 6.10 Å². The molecule has 0 unspecified atom stereocenters. The van der Waals surface area contributed by atoms with Crippen molar-refractivity contribution in [1.29, 1.82) is 0 Å². The molecule has 0 aliphatic rings. The molecule has 0 aromatic heterocycles. The molecule has 2 rings (SSSR count). The van der Waals surface area contributed by atoms with Crippen LogP contribution >= 0.6 is 0 Å². The largest absolute Gasteiger partial charge is 0.481 e. The Balaban J connectivity index is 1.95. The number of nitrogens with one attached hydrogen (secondary N) is 1. The van der Waals surface area contributed by atoms with Crippen LogP contribution in [0.1, 0.15) is 35.6 Å². The van der Waals surface area contributed by atoms with Gasteiger partial charge < -0.3 is 10.1 Å². The highest BCUT2D eigenvalue weighted by Gasteiger charge is 2.18. The molecule has 2 aromatic rings. The van der Waals surface area contributed by atoms with E-state index in [4.69, 9.17) is 4.74 Å². The van der Waals surface area contributed by atoms with Crippen LogP contribution in [-0.4, -0.2) is 12.0 Å². The highest BCUT2D eigenvalue weighted by atomic mass is 16.5. The lowest BCUT2D eigenvalue weighted by Crippen LogP contribution is -2.37. The van der Waals surface area contributed by atoms with Gasteiger partial charge in [-0.05, 0) is 56.0 Å². The molecule has 0 spiro atoms. The van der Waals surface area contributed by atoms with Crippen molar-refractivity contribution in [3.05, 3.63) is 64.7 Å². The van der Waals surface area contributed by atoms with Crippen LogP contribution in [0.4, 0.5) is 0 Å². The topological polar surface area (TPSA) is 38.3 Å². The molecule has 3 nitrogen and oxygen atoms in total. The number of carbonyl (C=O) groups is 1. The van der Waals surface area contributed by atoms with Crippen molar-refractivity contribution in [2.24, 2.45) is 0 Å². The summed E-state index contributed by atoms with van der Waals surface area (Å²) in [5.41, 5.74) is 4.68. The minimum atomic E-state index is -0.470. The second-order valence-corrected chi connectivity index (χ2v) is 5.96. The fourth-order valence-corrected chi connectivity index (χ4v) is 2.28. The van der Waals surface area contributed by atoms with Gasteiger partial charge in [-0.3, -0.25) is 4.79 Å². The maximum atomic E-state index is 12.3. The smallest absolute Gasteiger partial charge is 0.261 e. The van der Waals surface area contributed by atoms with Crippen LogP contribution in [0.5, 0.6) is 5.75 Å². The van der Waals surface area contributed by atoms with Crippen molar-refractivity contribution in [2.75, 3.05) is 0 Å². The fraction of sp³-hybridized carbons (Fsp3) is 0.350. The van der Waals surface area contributed by atoms with Crippen LogP contribution in [0.25, 0.3) is 0 Å². The molecular formula is C20H25NO2. The lowest BCUT2D eigenvalue weighted by molar-refractivity contribution is -0.128. The molecule has 0 bridgehead atoms. The second-order valence-electron chi connectivity index (χ2n) is 5.96. The third kappa shape index (κ3) is 4.85. The van der Waals surface area contributed by atoms with Crippen LogP contribution in [-0.2, 0) is 11.3 Å². The highest BCUT2D eigenvalue weighted by molar-refractivity contribution is 5.81. The lowest BCUT2D eigenvalue weighted by atomic mass is 10.1. The van der Waals surface area contributed by atoms with E-state index in [1.165, 1.54) is 11.1 Å². The van der Waals surface area contributed by atoms with E-state index in [0.717, 1.165) is 16.9 Å². The van der Waals surface area contributed by atoms with Crippen LogP contribution < -0.4 is 10.1 Å². The van der Waals surface area contributed by atoms with Gasteiger partial charge in [0.25, 0.3) is 5.91 Å². The predicted octanol–water partition coefficient (Wildman–Crippen LogP) is 4.09. The summed E-state index contributed by atoms with van der Waals surface area (Å²) in [7, 11) is 0. The summed E-state index contributed by atoms with van der Waals surface area (Å²) in [4.78, 5) is 12.3. The zero-order valence-electron chi connectivity index (χ0n) is 14.3. The molecule has 0 radical (unpaired) electrons. The molecule has 0 saturated carbocycles. The average molecular weight is 311 g/mol. The summed E-state index contributed by atoms with van der Waals surface area (Å²) < 4.78 is 5.86. The molecule has 0 saturated heterocycles. The van der Waals surface area contributed by atoms with Crippen molar-refractivity contribution in [3.63, 3.8) is 0 Å². The molecule has 2 aromatic carbocycles. The summed E-state index contributed by atoms with van der Waals surface area (Å²) in [6.07, 6.45) is 0.162. The molecule has 23 heavy (non-hydrogen) atoms. The molecular weight excluding hydrogens is 286 g/mol. The van der Waals surface area contributed by atoms with E-state index in [-0.39, 0.29) is 5.91 Å². The van der Waals surface area contributed by atoms with E-state index in [9.17, 15) is 4.79 Å². The van der Waals surface area contributed by atoms with Crippen molar-refractivity contribution >= 4 is 5.91 Å². The van der Waals surface area contributed by atoms with Gasteiger partial charge in [0.15, 0.2) is 6.10 Å². The van der Waals surface area contributed by atoms with Gasteiger partial charge >= 0.3 is 0 Å². The molecule has 0 fully saturated rings. The molecule has 3 heteroatoms. The van der Waals surface area contributed by atoms with Gasteiger partial charge in [0, 0.05) is 6.54 Å². The number of rotatable bonds is 6. The molecule has 0 aliphatic carbocycles. The minimum Gasteiger partial charge on any atom is -0.481 e. The minimum absolute atomic E-state index is 0.0775. The number of benzene rings is 2. The highest BCUT2D eigenvalue weighted by Crippen LogP contribution is 2.18. The Labute approximate surface area is 138 Å². The van der Waals surface area contributed by atoms with Crippen LogP contribution in [0.2, 0.25) is 0 Å². The van der Waals surface area contributed by atoms with E-state index in [1.807, 2.05) is 63.2 Å². The summed E-state index contributed by atoms with van der Waals surface area (Å²) in [6.45, 7) is 8.63. The maximum Gasteiger partial charge on any atom is 0.261 e. The summed E-state index contributed by atoms with van der Waals surface area (Å²) in [5, 5.41) is 2.95. The van der Waals surface area contributed by atoms with Crippen LogP contribution in [0, 0.1) is 20.8 Å². The Kier molecular flexibility index (Phi) is 5.80. The average Bonchev–Trinajstić information content (AvgIpc) is 2.55. The fourth-order valence-electron chi connectivity index (χ4n) is 2.28. The molecule has 0 heterocycles. The van der Waals surface area contributed by atoms with E-state index in [2.05, 4.69) is 12.2 Å². The Hall–Kier alpha value is -2.29. The number of amides is 1. The number of carbonyl (C=O) groups excluding carboxylic acids is 1. The Bertz CT molecular complexity index is 662. The van der Waals surface area contributed by atoms with Gasteiger partial charge in [-0.1, -0.05) is 42.8 Å². The van der Waals surface area contributed by atoms with Gasteiger partial charge in [0.1, 0.15) is 5.75 Å². The Morgan fingerprint density at radius 3 is 2.35 bits per heavy atom. The zero-order chi connectivity index (χ0) is 16.8. The van der Waals surface area contributed by atoms with E-state index in [1.54, 1.807) is 0 Å². The quantitative estimate of drug-likeness (QED) is 0.872. The number of hydrogen-bond acceptors (Lipinski definition) is 2. The van der Waals surface area contributed by atoms with E-state index >= 15 is 0 Å². The van der Waals surface area contributed by atoms with Crippen molar-refractivity contribution < 1.29 is 9.53 Å². The standard InChI is InChI=1S/C20H25NO2/c1-5-19(23-18-11-8-15(3)16(4)12-18)20(22)21-13-17-9-6-14(2)7-10-17/h6-12,19H,5,13H2,1-4H3,(H,21,22)/t19-/m0/s1. The van der Waals surface area contributed by atoms with Gasteiger partial charge in [-0.15, -0.1) is 0 Å². The van der Waals surface area contributed by atoms with Crippen molar-refractivity contribution in [1.82, 2.24) is 5.32 Å². The first-order valence-electron chi connectivity index (χ1n) is 8.06. The van der Waals surface area contributed by atoms with Gasteiger partial charge in [0.05, 0.1) is 0 Å². The van der Waals surface area contributed by atoms with Gasteiger partial charge in [0.2, 0.25) is 0 Å². The predicted molar refractivity (Wildman–Crippen MR) is 93.6 cm³/mol. The lowest BCUT2D eigenvalue weighted by Gasteiger charge is -2.18. The molecule has 122 valence electrons.